The number of carbonyl (C=O) groups excluding carboxylic acids is 1. The number of nitrogens with one attached hydrogen (secondary N) is 1. The SMILES string of the molecule is CC1Cc2ccccc2N1c1ccc(NC(=O)C2CCOCC2)cc1. The third kappa shape index (κ3) is 3.27. The summed E-state index contributed by atoms with van der Waals surface area (Å²) in [7, 11) is 0. The zero-order valence-electron chi connectivity index (χ0n) is 14.6. The Hall–Kier alpha value is -2.33. The van der Waals surface area contributed by atoms with Crippen LogP contribution in [0.4, 0.5) is 17.1 Å². The molecule has 130 valence electrons. The maximum absolute atomic E-state index is 12.3. The van der Waals surface area contributed by atoms with Crippen LogP contribution in [-0.2, 0) is 16.0 Å². The van der Waals surface area contributed by atoms with Crippen LogP contribution in [0.25, 0.3) is 0 Å². The van der Waals surface area contributed by atoms with Crippen molar-refractivity contribution in [1.82, 2.24) is 0 Å². The summed E-state index contributed by atoms with van der Waals surface area (Å²) in [4.78, 5) is 14.7. The van der Waals surface area contributed by atoms with Crippen molar-refractivity contribution in [1.29, 1.82) is 0 Å². The van der Waals surface area contributed by atoms with Gasteiger partial charge in [0.2, 0.25) is 5.91 Å². The van der Waals surface area contributed by atoms with Gasteiger partial charge >= 0.3 is 0 Å². The summed E-state index contributed by atoms with van der Waals surface area (Å²) in [6.45, 7) is 3.62. The molecule has 0 spiro atoms. The second-order valence-corrected chi connectivity index (χ2v) is 6.97. The van der Waals surface area contributed by atoms with Gasteiger partial charge in [-0.2, -0.15) is 0 Å². The minimum Gasteiger partial charge on any atom is -0.381 e. The molecule has 1 amide bonds. The van der Waals surface area contributed by atoms with Crippen LogP contribution in [0.3, 0.4) is 0 Å². The van der Waals surface area contributed by atoms with Gasteiger partial charge in [0.15, 0.2) is 0 Å². The van der Waals surface area contributed by atoms with Crippen LogP contribution in [-0.4, -0.2) is 25.2 Å². The monoisotopic (exact) mass is 336 g/mol. The van der Waals surface area contributed by atoms with Gasteiger partial charge in [-0.25, -0.2) is 0 Å². The first-order chi connectivity index (χ1) is 12.2. The largest absolute Gasteiger partial charge is 0.381 e. The van der Waals surface area contributed by atoms with Gasteiger partial charge < -0.3 is 15.0 Å². The van der Waals surface area contributed by atoms with Crippen molar-refractivity contribution in [2.45, 2.75) is 32.2 Å². The molecule has 0 aromatic heterocycles. The van der Waals surface area contributed by atoms with E-state index in [1.165, 1.54) is 16.9 Å². The molecular weight excluding hydrogens is 312 g/mol. The average molecular weight is 336 g/mol. The number of ether oxygens (including phenoxy) is 1. The van der Waals surface area contributed by atoms with E-state index in [1.54, 1.807) is 0 Å². The fourth-order valence-corrected chi connectivity index (χ4v) is 3.87. The minimum atomic E-state index is 0.0684. The molecule has 1 unspecified atom stereocenters. The van der Waals surface area contributed by atoms with Crippen molar-refractivity contribution in [3.8, 4) is 0 Å². The summed E-state index contributed by atoms with van der Waals surface area (Å²) in [6.07, 6.45) is 2.69. The number of amides is 1. The Morgan fingerprint density at radius 3 is 2.56 bits per heavy atom. The van der Waals surface area contributed by atoms with Crippen LogP contribution < -0.4 is 10.2 Å². The van der Waals surface area contributed by atoms with E-state index in [0.29, 0.717) is 19.3 Å². The number of rotatable bonds is 3. The fraction of sp³-hybridized carbons (Fsp3) is 0.381. The Morgan fingerprint density at radius 2 is 1.80 bits per heavy atom. The lowest BCUT2D eigenvalue weighted by molar-refractivity contribution is -0.122. The standard InChI is InChI=1S/C21H24N2O2/c1-15-14-17-4-2-3-5-20(17)23(15)19-8-6-18(7-9-19)22-21(24)16-10-12-25-13-11-16/h2-9,15-16H,10-14H2,1H3,(H,22,24). The van der Waals surface area contributed by atoms with E-state index in [-0.39, 0.29) is 11.8 Å². The van der Waals surface area contributed by atoms with E-state index in [0.717, 1.165) is 24.9 Å². The lowest BCUT2D eigenvalue weighted by Crippen LogP contribution is -2.28. The Kier molecular flexibility index (Phi) is 4.45. The Balaban J connectivity index is 1.48. The first-order valence-corrected chi connectivity index (χ1v) is 9.08. The molecule has 0 bridgehead atoms. The number of hydrogen-bond donors (Lipinski definition) is 1. The highest BCUT2D eigenvalue weighted by Crippen LogP contribution is 2.38. The number of nitrogens with zero attached hydrogens (tertiary/aromatic N) is 1. The third-order valence-electron chi connectivity index (χ3n) is 5.21. The molecule has 0 saturated carbocycles. The third-order valence-corrected chi connectivity index (χ3v) is 5.21. The topological polar surface area (TPSA) is 41.6 Å². The molecule has 2 aliphatic heterocycles. The van der Waals surface area contributed by atoms with E-state index < -0.39 is 0 Å². The van der Waals surface area contributed by atoms with E-state index in [4.69, 9.17) is 4.74 Å². The van der Waals surface area contributed by atoms with Gasteiger partial charge in [-0.15, -0.1) is 0 Å². The van der Waals surface area contributed by atoms with Crippen LogP contribution in [0.2, 0.25) is 0 Å². The molecule has 2 aromatic rings. The molecule has 25 heavy (non-hydrogen) atoms. The number of fused-ring (bicyclic) bond motifs is 1. The Labute approximate surface area is 148 Å². The van der Waals surface area contributed by atoms with Gasteiger partial charge in [-0.3, -0.25) is 4.79 Å². The quantitative estimate of drug-likeness (QED) is 0.916. The number of anilines is 3. The summed E-state index contributed by atoms with van der Waals surface area (Å²) in [5.74, 6) is 0.176. The van der Waals surface area contributed by atoms with E-state index in [2.05, 4.69) is 53.5 Å². The first kappa shape index (κ1) is 16.2. The maximum Gasteiger partial charge on any atom is 0.227 e. The van der Waals surface area contributed by atoms with Crippen molar-refractivity contribution >= 4 is 23.0 Å². The summed E-state index contributed by atoms with van der Waals surface area (Å²) in [5.41, 5.74) is 4.71. The van der Waals surface area contributed by atoms with Crippen LogP contribution in [0.1, 0.15) is 25.3 Å². The lowest BCUT2D eigenvalue weighted by Gasteiger charge is -2.25. The summed E-state index contributed by atoms with van der Waals surface area (Å²) < 4.78 is 5.33. The van der Waals surface area contributed by atoms with Crippen molar-refractivity contribution in [2.75, 3.05) is 23.4 Å². The van der Waals surface area contributed by atoms with E-state index in [1.807, 2.05) is 12.1 Å². The van der Waals surface area contributed by atoms with Crippen LogP contribution in [0, 0.1) is 5.92 Å². The molecule has 4 rings (SSSR count). The van der Waals surface area contributed by atoms with Gasteiger partial charge in [0.25, 0.3) is 0 Å². The van der Waals surface area contributed by atoms with E-state index in [9.17, 15) is 4.79 Å². The van der Waals surface area contributed by atoms with Gasteiger partial charge in [0.05, 0.1) is 0 Å². The van der Waals surface area contributed by atoms with Crippen molar-refractivity contribution in [3.63, 3.8) is 0 Å². The zero-order valence-corrected chi connectivity index (χ0v) is 14.6. The number of hydrogen-bond acceptors (Lipinski definition) is 3. The molecule has 1 fully saturated rings. The summed E-state index contributed by atoms with van der Waals surface area (Å²) >= 11 is 0. The van der Waals surface area contributed by atoms with Crippen LogP contribution in [0.5, 0.6) is 0 Å². The smallest absolute Gasteiger partial charge is 0.227 e. The fourth-order valence-electron chi connectivity index (χ4n) is 3.87. The second-order valence-electron chi connectivity index (χ2n) is 6.97. The van der Waals surface area contributed by atoms with E-state index >= 15 is 0 Å². The van der Waals surface area contributed by atoms with Gasteiger partial charge in [-0.05, 0) is 62.1 Å². The molecule has 1 saturated heterocycles. The molecular formula is C21H24N2O2. The zero-order chi connectivity index (χ0) is 17.2. The predicted molar refractivity (Wildman–Crippen MR) is 100 cm³/mol. The molecule has 1 N–H and O–H groups in total. The first-order valence-electron chi connectivity index (χ1n) is 9.08. The predicted octanol–water partition coefficient (Wildman–Crippen LogP) is 4.13. The van der Waals surface area contributed by atoms with Crippen molar-refractivity contribution < 1.29 is 9.53 Å². The molecule has 2 aliphatic rings. The highest BCUT2D eigenvalue weighted by molar-refractivity contribution is 5.92. The molecule has 1 atom stereocenters. The summed E-state index contributed by atoms with van der Waals surface area (Å²) in [5, 5.41) is 3.05. The molecule has 4 nitrogen and oxygen atoms in total. The highest BCUT2D eigenvalue weighted by Gasteiger charge is 2.27. The van der Waals surface area contributed by atoms with Gasteiger partial charge in [0.1, 0.15) is 0 Å². The van der Waals surface area contributed by atoms with Crippen molar-refractivity contribution in [3.05, 3.63) is 54.1 Å². The lowest BCUT2D eigenvalue weighted by atomic mass is 9.99. The molecule has 2 heterocycles. The number of carbonyl (C=O) groups is 1. The average Bonchev–Trinajstić information content (AvgIpc) is 2.99. The van der Waals surface area contributed by atoms with Crippen LogP contribution >= 0.6 is 0 Å². The summed E-state index contributed by atoms with van der Waals surface area (Å²) in [6, 6.07) is 17.2. The molecule has 2 aromatic carbocycles. The normalized spacial score (nSPS) is 20.4. The van der Waals surface area contributed by atoms with Crippen molar-refractivity contribution in [2.24, 2.45) is 5.92 Å². The Morgan fingerprint density at radius 1 is 1.08 bits per heavy atom. The van der Waals surface area contributed by atoms with Gasteiger partial charge in [0, 0.05) is 42.2 Å². The van der Waals surface area contributed by atoms with Crippen LogP contribution in [0.15, 0.2) is 48.5 Å². The molecule has 0 aliphatic carbocycles. The molecule has 4 heteroatoms. The number of benzene rings is 2. The maximum atomic E-state index is 12.3. The minimum absolute atomic E-state index is 0.0684. The van der Waals surface area contributed by atoms with Gasteiger partial charge in [-0.1, -0.05) is 18.2 Å². The highest BCUT2D eigenvalue weighted by atomic mass is 16.5. The Bertz CT molecular complexity index is 751. The molecule has 0 radical (unpaired) electrons. The second kappa shape index (κ2) is 6.89. The number of para-hydroxylation sites is 1.